The summed E-state index contributed by atoms with van der Waals surface area (Å²) < 4.78 is 5.94. The van der Waals surface area contributed by atoms with E-state index in [2.05, 4.69) is 18.3 Å². The minimum atomic E-state index is -0.521. The zero-order valence-corrected chi connectivity index (χ0v) is 14.7. The Labute approximate surface area is 148 Å². The Bertz CT molecular complexity index is 855. The molecule has 0 heterocycles. The first-order chi connectivity index (χ1) is 12.2. The zero-order valence-electron chi connectivity index (χ0n) is 14.7. The van der Waals surface area contributed by atoms with E-state index in [4.69, 9.17) is 4.74 Å². The van der Waals surface area contributed by atoms with Gasteiger partial charge in [0.2, 0.25) is 0 Å². The molecule has 128 valence electrons. The van der Waals surface area contributed by atoms with Crippen LogP contribution in [0.4, 0.5) is 5.69 Å². The van der Waals surface area contributed by atoms with Crippen molar-refractivity contribution in [3.63, 3.8) is 0 Å². The second kappa shape index (κ2) is 7.84. The predicted molar refractivity (Wildman–Crippen MR) is 103 cm³/mol. The van der Waals surface area contributed by atoms with Crippen LogP contribution in [0.25, 0.3) is 10.8 Å². The Kier molecular flexibility index (Phi) is 5.34. The van der Waals surface area contributed by atoms with Gasteiger partial charge in [-0.25, -0.2) is 0 Å². The first-order valence-electron chi connectivity index (χ1n) is 8.75. The molecular formula is C22H23NO2. The van der Waals surface area contributed by atoms with Crippen LogP contribution in [0, 0.1) is 0 Å². The van der Waals surface area contributed by atoms with Gasteiger partial charge in [-0.05, 0) is 53.4 Å². The normalized spacial score (nSPS) is 11.9. The molecule has 0 saturated carbocycles. The number of hydrogen-bond donors (Lipinski definition) is 1. The Morgan fingerprint density at radius 1 is 0.960 bits per heavy atom. The average Bonchev–Trinajstić information content (AvgIpc) is 2.66. The van der Waals surface area contributed by atoms with E-state index >= 15 is 0 Å². The molecule has 0 bridgehead atoms. The molecule has 1 atom stereocenters. The molecule has 0 aliphatic carbocycles. The van der Waals surface area contributed by atoms with E-state index in [0.29, 0.717) is 12.2 Å². The van der Waals surface area contributed by atoms with E-state index in [-0.39, 0.29) is 5.91 Å². The minimum Gasteiger partial charge on any atom is -0.481 e. The lowest BCUT2D eigenvalue weighted by Crippen LogP contribution is -2.32. The second-order valence-corrected chi connectivity index (χ2v) is 6.06. The van der Waals surface area contributed by atoms with Crippen molar-refractivity contribution >= 4 is 22.4 Å². The summed E-state index contributed by atoms with van der Waals surface area (Å²) in [7, 11) is 0. The van der Waals surface area contributed by atoms with Crippen LogP contribution in [0.1, 0.15) is 25.8 Å². The fraction of sp³-hybridized carbons (Fsp3) is 0.227. The molecule has 0 unspecified atom stereocenters. The highest BCUT2D eigenvalue weighted by atomic mass is 16.5. The molecule has 25 heavy (non-hydrogen) atoms. The van der Waals surface area contributed by atoms with Crippen LogP contribution in [0.15, 0.2) is 66.7 Å². The lowest BCUT2D eigenvalue weighted by molar-refractivity contribution is -0.122. The smallest absolute Gasteiger partial charge is 0.265 e. The van der Waals surface area contributed by atoms with Crippen molar-refractivity contribution in [2.75, 3.05) is 5.32 Å². The molecule has 0 spiro atoms. The summed E-state index contributed by atoms with van der Waals surface area (Å²) in [4.78, 5) is 12.5. The van der Waals surface area contributed by atoms with Gasteiger partial charge in [0.05, 0.1) is 0 Å². The van der Waals surface area contributed by atoms with E-state index in [9.17, 15) is 4.79 Å². The molecule has 0 fully saturated rings. The number of hydrogen-bond acceptors (Lipinski definition) is 2. The number of carbonyl (C=O) groups excluding carboxylic acids is 1. The summed E-state index contributed by atoms with van der Waals surface area (Å²) in [6.07, 6.45) is 1.06. The molecular weight excluding hydrogens is 310 g/mol. The number of fused-ring (bicyclic) bond motifs is 1. The average molecular weight is 333 g/mol. The summed E-state index contributed by atoms with van der Waals surface area (Å²) in [6, 6.07) is 21.9. The van der Waals surface area contributed by atoms with E-state index in [1.807, 2.05) is 67.6 Å². The van der Waals surface area contributed by atoms with Crippen molar-refractivity contribution < 1.29 is 9.53 Å². The van der Waals surface area contributed by atoms with Crippen molar-refractivity contribution in [1.29, 1.82) is 0 Å². The third-order valence-corrected chi connectivity index (χ3v) is 4.29. The molecule has 3 nitrogen and oxygen atoms in total. The number of rotatable bonds is 6. The van der Waals surface area contributed by atoms with Gasteiger partial charge in [-0.1, -0.05) is 56.3 Å². The molecule has 1 amide bonds. The molecule has 0 aliphatic heterocycles. The number of carbonyl (C=O) groups is 1. The first-order valence-corrected chi connectivity index (χ1v) is 8.75. The highest BCUT2D eigenvalue weighted by Gasteiger charge is 2.18. The predicted octanol–water partition coefficient (Wildman–Crippen LogP) is 5.20. The van der Waals surface area contributed by atoms with Crippen molar-refractivity contribution in [2.24, 2.45) is 0 Å². The first kappa shape index (κ1) is 17.0. The summed E-state index contributed by atoms with van der Waals surface area (Å²) in [5.41, 5.74) is 2.04. The topological polar surface area (TPSA) is 38.3 Å². The number of nitrogens with one attached hydrogen (secondary N) is 1. The van der Waals surface area contributed by atoms with Crippen LogP contribution in [-0.2, 0) is 11.2 Å². The maximum Gasteiger partial charge on any atom is 0.265 e. The zero-order chi connectivity index (χ0) is 17.6. The Hall–Kier alpha value is -2.81. The van der Waals surface area contributed by atoms with Crippen molar-refractivity contribution in [3.05, 3.63) is 72.3 Å². The molecule has 3 aromatic rings. The van der Waals surface area contributed by atoms with Gasteiger partial charge in [-0.15, -0.1) is 0 Å². The molecule has 3 heteroatoms. The summed E-state index contributed by atoms with van der Waals surface area (Å²) >= 11 is 0. The molecule has 3 rings (SSSR count). The second-order valence-electron chi connectivity index (χ2n) is 6.06. The highest BCUT2D eigenvalue weighted by molar-refractivity contribution is 5.94. The van der Waals surface area contributed by atoms with Crippen LogP contribution in [0.5, 0.6) is 5.75 Å². The fourth-order valence-corrected chi connectivity index (χ4v) is 2.77. The number of benzene rings is 3. The van der Waals surface area contributed by atoms with Gasteiger partial charge in [0.25, 0.3) is 5.91 Å². The fourth-order valence-electron chi connectivity index (χ4n) is 2.77. The Morgan fingerprint density at radius 2 is 1.68 bits per heavy atom. The SMILES string of the molecule is CCc1ccc(NC(=O)[C@@H](CC)Oc2ccc3ccccc3c2)cc1. The van der Waals surface area contributed by atoms with Crippen LogP contribution >= 0.6 is 0 Å². The number of ether oxygens (including phenoxy) is 1. The van der Waals surface area contributed by atoms with Gasteiger partial charge >= 0.3 is 0 Å². The van der Waals surface area contributed by atoms with E-state index in [0.717, 1.165) is 22.9 Å². The molecule has 0 saturated heterocycles. The van der Waals surface area contributed by atoms with E-state index < -0.39 is 6.10 Å². The third kappa shape index (κ3) is 4.18. The summed E-state index contributed by atoms with van der Waals surface area (Å²) in [5, 5.41) is 5.20. The van der Waals surface area contributed by atoms with Crippen LogP contribution < -0.4 is 10.1 Å². The van der Waals surface area contributed by atoms with E-state index in [1.165, 1.54) is 5.56 Å². The van der Waals surface area contributed by atoms with E-state index in [1.54, 1.807) is 0 Å². The summed E-state index contributed by atoms with van der Waals surface area (Å²) in [6.45, 7) is 4.06. The van der Waals surface area contributed by atoms with Crippen LogP contribution in [-0.4, -0.2) is 12.0 Å². The molecule has 3 aromatic carbocycles. The van der Waals surface area contributed by atoms with Crippen molar-refractivity contribution in [1.82, 2.24) is 0 Å². The van der Waals surface area contributed by atoms with Gasteiger partial charge in [-0.3, -0.25) is 4.79 Å². The molecule has 0 aliphatic rings. The lowest BCUT2D eigenvalue weighted by atomic mass is 10.1. The largest absolute Gasteiger partial charge is 0.481 e. The van der Waals surface area contributed by atoms with Gasteiger partial charge in [0, 0.05) is 5.69 Å². The van der Waals surface area contributed by atoms with Crippen molar-refractivity contribution in [3.8, 4) is 5.75 Å². The highest BCUT2D eigenvalue weighted by Crippen LogP contribution is 2.22. The summed E-state index contributed by atoms with van der Waals surface area (Å²) in [5.74, 6) is 0.585. The molecule has 0 aromatic heterocycles. The van der Waals surface area contributed by atoms with Gasteiger partial charge in [0.1, 0.15) is 5.75 Å². The Balaban J connectivity index is 1.70. The minimum absolute atomic E-state index is 0.125. The maximum absolute atomic E-state index is 12.5. The standard InChI is InChI=1S/C22H23NO2/c1-3-16-9-12-19(13-10-16)23-22(24)21(4-2)25-20-14-11-17-7-5-6-8-18(17)15-20/h5-15,21H,3-4H2,1-2H3,(H,23,24)/t21-/m1/s1. The van der Waals surface area contributed by atoms with Crippen LogP contribution in [0.3, 0.4) is 0 Å². The number of amides is 1. The molecule has 1 N–H and O–H groups in total. The Morgan fingerprint density at radius 3 is 2.36 bits per heavy atom. The van der Waals surface area contributed by atoms with Crippen molar-refractivity contribution in [2.45, 2.75) is 32.8 Å². The third-order valence-electron chi connectivity index (χ3n) is 4.29. The quantitative estimate of drug-likeness (QED) is 0.673. The number of aryl methyl sites for hydroxylation is 1. The monoisotopic (exact) mass is 333 g/mol. The lowest BCUT2D eigenvalue weighted by Gasteiger charge is -2.18. The van der Waals surface area contributed by atoms with Gasteiger partial charge in [0.15, 0.2) is 6.10 Å². The number of anilines is 1. The molecule has 0 radical (unpaired) electrons. The maximum atomic E-state index is 12.5. The van der Waals surface area contributed by atoms with Gasteiger partial charge < -0.3 is 10.1 Å². The van der Waals surface area contributed by atoms with Gasteiger partial charge in [-0.2, -0.15) is 0 Å². The van der Waals surface area contributed by atoms with Crippen LogP contribution in [0.2, 0.25) is 0 Å².